The molecule has 2 aromatic carbocycles. The van der Waals surface area contributed by atoms with Gasteiger partial charge in [0.1, 0.15) is 29.3 Å². The van der Waals surface area contributed by atoms with E-state index < -0.39 is 11.9 Å². The van der Waals surface area contributed by atoms with Crippen LogP contribution in [-0.4, -0.2) is 49.9 Å². The first kappa shape index (κ1) is 25.8. The minimum atomic E-state index is -0.848. The lowest BCUT2D eigenvalue weighted by Crippen LogP contribution is -2.13. The van der Waals surface area contributed by atoms with Gasteiger partial charge in [0.05, 0.1) is 31.2 Å². The largest absolute Gasteiger partial charge is 0.497 e. The Labute approximate surface area is 225 Å². The smallest absolute Gasteiger partial charge is 0.306 e. The molecule has 2 aromatic heterocycles. The molecule has 1 fully saturated rings. The van der Waals surface area contributed by atoms with Gasteiger partial charge in [0, 0.05) is 5.56 Å². The van der Waals surface area contributed by atoms with E-state index in [1.165, 1.54) is 6.33 Å². The Morgan fingerprint density at radius 3 is 2.71 bits per heavy atom. The van der Waals surface area contributed by atoms with E-state index in [0.29, 0.717) is 52.2 Å². The number of aliphatic carboxylic acids is 1. The third-order valence-corrected chi connectivity index (χ3v) is 7.01. The van der Waals surface area contributed by atoms with Crippen LogP contribution in [0, 0.1) is 5.92 Å². The van der Waals surface area contributed by atoms with E-state index >= 15 is 0 Å². The Morgan fingerprint density at radius 2 is 2.00 bits per heavy atom. The van der Waals surface area contributed by atoms with Crippen molar-refractivity contribution < 1.29 is 24.1 Å². The molecular formula is C28H29ClN4O5. The summed E-state index contributed by atoms with van der Waals surface area (Å²) in [5.41, 5.74) is 2.67. The highest BCUT2D eigenvalue weighted by atomic mass is 35.5. The van der Waals surface area contributed by atoms with Gasteiger partial charge in [-0.25, -0.2) is 9.97 Å². The predicted molar refractivity (Wildman–Crippen MR) is 143 cm³/mol. The zero-order chi connectivity index (χ0) is 26.9. The molecule has 1 N–H and O–H groups in total. The van der Waals surface area contributed by atoms with Gasteiger partial charge in [-0.1, -0.05) is 30.7 Å². The van der Waals surface area contributed by atoms with E-state index in [2.05, 4.69) is 16.9 Å². The molecule has 9 nitrogen and oxygen atoms in total. The van der Waals surface area contributed by atoms with Crippen LogP contribution < -0.4 is 14.2 Å². The Hall–Kier alpha value is -3.85. The van der Waals surface area contributed by atoms with Crippen LogP contribution in [0.5, 0.6) is 17.4 Å². The molecule has 2 heterocycles. The van der Waals surface area contributed by atoms with E-state index in [1.807, 2.05) is 34.9 Å². The Morgan fingerprint density at radius 1 is 1.18 bits per heavy atom. The van der Waals surface area contributed by atoms with Gasteiger partial charge >= 0.3 is 5.97 Å². The third-order valence-electron chi connectivity index (χ3n) is 6.69. The van der Waals surface area contributed by atoms with Crippen molar-refractivity contribution in [1.82, 2.24) is 19.5 Å². The maximum absolute atomic E-state index is 11.1. The van der Waals surface area contributed by atoms with Crippen molar-refractivity contribution in [3.05, 3.63) is 59.4 Å². The van der Waals surface area contributed by atoms with Gasteiger partial charge in [-0.15, -0.1) is 0 Å². The highest BCUT2D eigenvalue weighted by Crippen LogP contribution is 2.41. The van der Waals surface area contributed by atoms with E-state index in [-0.39, 0.29) is 12.2 Å². The summed E-state index contributed by atoms with van der Waals surface area (Å²) in [6.45, 7) is 4.45. The van der Waals surface area contributed by atoms with Crippen LogP contribution in [0.1, 0.15) is 38.7 Å². The third kappa shape index (κ3) is 5.52. The summed E-state index contributed by atoms with van der Waals surface area (Å²) in [7, 11) is 1.64. The zero-order valence-corrected chi connectivity index (χ0v) is 22.2. The van der Waals surface area contributed by atoms with Crippen LogP contribution in [0.4, 0.5) is 0 Å². The second kappa shape index (κ2) is 10.5. The molecule has 0 bridgehead atoms. The molecule has 10 heteroatoms. The number of nitrogens with zero attached hydrogens (tertiary/aromatic N) is 4. The van der Waals surface area contributed by atoms with Crippen molar-refractivity contribution >= 4 is 28.7 Å². The first-order chi connectivity index (χ1) is 18.3. The quantitative estimate of drug-likeness (QED) is 0.263. The number of carboxylic acid groups (broad SMARTS) is 1. The molecule has 1 saturated carbocycles. The molecule has 1 aliphatic carbocycles. The number of rotatable bonds is 11. The molecule has 1 aliphatic rings. The second-order valence-corrected chi connectivity index (χ2v) is 10.2. The van der Waals surface area contributed by atoms with Crippen LogP contribution in [-0.2, 0) is 11.3 Å². The molecule has 4 aromatic rings. The number of carboxylic acids is 1. The number of aromatic nitrogens is 4. The summed E-state index contributed by atoms with van der Waals surface area (Å²) in [6, 6.07) is 13.2. The zero-order valence-electron chi connectivity index (χ0n) is 21.5. The number of methoxy groups -OCH3 is 1. The average Bonchev–Trinajstić information content (AvgIpc) is 3.52. The van der Waals surface area contributed by atoms with Crippen LogP contribution in [0.25, 0.3) is 22.6 Å². The van der Waals surface area contributed by atoms with Crippen molar-refractivity contribution in [2.45, 2.75) is 45.3 Å². The molecule has 1 atom stereocenters. The first-order valence-corrected chi connectivity index (χ1v) is 12.8. The summed E-state index contributed by atoms with van der Waals surface area (Å²) >= 11 is 6.75. The van der Waals surface area contributed by atoms with Crippen molar-refractivity contribution in [1.29, 1.82) is 0 Å². The van der Waals surface area contributed by atoms with Crippen molar-refractivity contribution in [2.75, 3.05) is 13.7 Å². The van der Waals surface area contributed by atoms with Crippen LogP contribution >= 0.6 is 11.6 Å². The summed E-state index contributed by atoms with van der Waals surface area (Å²) in [5, 5.41) is 9.53. The highest BCUT2D eigenvalue weighted by Gasteiger charge is 2.41. The fourth-order valence-electron chi connectivity index (χ4n) is 4.05. The molecule has 0 spiro atoms. The Balaban J connectivity index is 1.52. The predicted octanol–water partition coefficient (Wildman–Crippen LogP) is 5.62. The number of benzene rings is 2. The lowest BCUT2D eigenvalue weighted by Gasteiger charge is -2.13. The Kier molecular flexibility index (Phi) is 7.12. The van der Waals surface area contributed by atoms with E-state index in [4.69, 9.17) is 35.9 Å². The molecule has 0 aliphatic heterocycles. The maximum Gasteiger partial charge on any atom is 0.306 e. The number of carbonyl (C=O) groups is 1. The van der Waals surface area contributed by atoms with E-state index in [9.17, 15) is 4.79 Å². The molecule has 0 saturated heterocycles. The number of ether oxygens (including phenoxy) is 3. The average molecular weight is 537 g/mol. The van der Waals surface area contributed by atoms with Crippen molar-refractivity contribution in [3.8, 4) is 28.8 Å². The lowest BCUT2D eigenvalue weighted by atomic mass is 10.1. The standard InChI is InChI=1S/C28H29ClN4O5/c1-17(27(34)35)9-12-37-20-7-8-21(22(29)14-20)24-32-23-25(30-16-31-26(23)38-28(2)10-11-28)33(24)15-18-5-4-6-19(13-18)36-3/h4-8,13-14,16-17H,9-12,15H2,1-3H3,(H,34,35). The monoisotopic (exact) mass is 536 g/mol. The Bertz CT molecular complexity index is 1480. The van der Waals surface area contributed by atoms with Gasteiger partial charge in [-0.05, 0) is 62.1 Å². The molecule has 198 valence electrons. The highest BCUT2D eigenvalue weighted by molar-refractivity contribution is 6.33. The fourth-order valence-corrected chi connectivity index (χ4v) is 4.31. The van der Waals surface area contributed by atoms with Gasteiger partial charge in [0.25, 0.3) is 0 Å². The second-order valence-electron chi connectivity index (χ2n) is 9.79. The number of hydrogen-bond acceptors (Lipinski definition) is 7. The maximum atomic E-state index is 11.1. The summed E-state index contributed by atoms with van der Waals surface area (Å²) < 4.78 is 19.4. The molecule has 38 heavy (non-hydrogen) atoms. The van der Waals surface area contributed by atoms with Crippen molar-refractivity contribution in [3.63, 3.8) is 0 Å². The molecule has 0 amide bonds. The summed E-state index contributed by atoms with van der Waals surface area (Å²) in [6.07, 6.45) is 3.82. The first-order valence-electron chi connectivity index (χ1n) is 12.4. The normalized spacial score (nSPS) is 14.7. The number of hydrogen-bond donors (Lipinski definition) is 1. The van der Waals surface area contributed by atoms with Gasteiger partial charge in [0.2, 0.25) is 5.88 Å². The summed E-state index contributed by atoms with van der Waals surface area (Å²) in [4.78, 5) is 24.9. The molecule has 5 rings (SSSR count). The number of halogens is 1. The van der Waals surface area contributed by atoms with Crippen LogP contribution in [0.15, 0.2) is 48.8 Å². The van der Waals surface area contributed by atoms with Gasteiger partial charge in [-0.2, -0.15) is 4.98 Å². The van der Waals surface area contributed by atoms with E-state index in [0.717, 1.165) is 24.2 Å². The van der Waals surface area contributed by atoms with Crippen LogP contribution in [0.2, 0.25) is 5.02 Å². The molecular weight excluding hydrogens is 508 g/mol. The molecule has 0 radical (unpaired) electrons. The molecule has 1 unspecified atom stereocenters. The fraction of sp³-hybridized carbons (Fsp3) is 0.357. The lowest BCUT2D eigenvalue weighted by molar-refractivity contribution is -0.141. The summed E-state index contributed by atoms with van der Waals surface area (Å²) in [5.74, 6) is 1.04. The number of imidazole rings is 1. The minimum absolute atomic E-state index is 0.229. The topological polar surface area (TPSA) is 109 Å². The van der Waals surface area contributed by atoms with E-state index in [1.54, 1.807) is 26.2 Å². The van der Waals surface area contributed by atoms with Gasteiger partial charge in [-0.3, -0.25) is 4.79 Å². The minimum Gasteiger partial charge on any atom is -0.497 e. The van der Waals surface area contributed by atoms with Crippen LogP contribution in [0.3, 0.4) is 0 Å². The van der Waals surface area contributed by atoms with Crippen molar-refractivity contribution in [2.24, 2.45) is 5.92 Å². The number of fused-ring (bicyclic) bond motifs is 1. The SMILES string of the molecule is COc1cccc(Cn2c(-c3ccc(OCCC(C)C(=O)O)cc3Cl)nc3c(OC4(C)CC4)ncnc32)c1. The van der Waals surface area contributed by atoms with Gasteiger partial charge < -0.3 is 23.9 Å². The van der Waals surface area contributed by atoms with Gasteiger partial charge in [0.15, 0.2) is 11.2 Å².